The highest BCUT2D eigenvalue weighted by molar-refractivity contribution is 5.92. The summed E-state index contributed by atoms with van der Waals surface area (Å²) in [5.74, 6) is -2.20. The van der Waals surface area contributed by atoms with Crippen LogP contribution in [0.2, 0.25) is 0 Å². The lowest BCUT2D eigenvalue weighted by Crippen LogP contribution is -2.55. The second kappa shape index (κ2) is 11.4. The number of benzene rings is 2. The fraction of sp³-hybridized carbons (Fsp3) is 0.444. The normalized spacial score (nSPS) is 33.6. The van der Waals surface area contributed by atoms with E-state index in [1.54, 1.807) is 0 Å². The zero-order valence-corrected chi connectivity index (χ0v) is 21.6. The number of phenols is 3. The van der Waals surface area contributed by atoms with E-state index in [1.807, 2.05) is 0 Å². The van der Waals surface area contributed by atoms with E-state index in [0.717, 1.165) is 6.07 Å². The van der Waals surface area contributed by atoms with Gasteiger partial charge < -0.3 is 70.1 Å². The van der Waals surface area contributed by atoms with Gasteiger partial charge in [0.2, 0.25) is 0 Å². The molecule has 0 spiro atoms. The number of rotatable bonds is 5. The summed E-state index contributed by atoms with van der Waals surface area (Å²) in [6.45, 7) is -1.70. The van der Waals surface area contributed by atoms with Crippen molar-refractivity contribution in [1.82, 2.24) is 0 Å². The Kier molecular flexibility index (Phi) is 8.16. The lowest BCUT2D eigenvalue weighted by Gasteiger charge is -2.42. The van der Waals surface area contributed by atoms with E-state index in [4.69, 9.17) is 13.9 Å². The third-order valence-electron chi connectivity index (χ3n) is 7.70. The Bertz CT molecular complexity index is 1500. The van der Waals surface area contributed by atoms with E-state index in [0.29, 0.717) is 0 Å². The molecule has 10 atom stereocenters. The van der Waals surface area contributed by atoms with Gasteiger partial charge in [-0.2, -0.15) is 0 Å². The molecule has 3 aromatic rings. The Balaban J connectivity index is 1.82. The maximum atomic E-state index is 13.5. The molecule has 2 aliphatic rings. The van der Waals surface area contributed by atoms with Crippen molar-refractivity contribution in [2.24, 2.45) is 0 Å². The molecule has 42 heavy (non-hydrogen) atoms. The van der Waals surface area contributed by atoms with Gasteiger partial charge in [0.15, 0.2) is 11.0 Å². The largest absolute Gasteiger partial charge is 0.508 e. The van der Waals surface area contributed by atoms with Gasteiger partial charge in [0.05, 0.1) is 24.3 Å². The van der Waals surface area contributed by atoms with Crippen LogP contribution in [0.5, 0.6) is 17.2 Å². The van der Waals surface area contributed by atoms with Gasteiger partial charge in [0, 0.05) is 11.6 Å². The molecule has 2 saturated heterocycles. The molecule has 15 heteroatoms. The summed E-state index contributed by atoms with van der Waals surface area (Å²) in [6.07, 6.45) is -18.2. The minimum absolute atomic E-state index is 0.0941. The van der Waals surface area contributed by atoms with E-state index in [1.165, 1.54) is 24.3 Å². The van der Waals surface area contributed by atoms with E-state index in [-0.39, 0.29) is 17.1 Å². The molecule has 1 aromatic heterocycles. The van der Waals surface area contributed by atoms with Gasteiger partial charge in [-0.1, -0.05) is 0 Å². The second-order valence-electron chi connectivity index (χ2n) is 10.2. The summed E-state index contributed by atoms with van der Waals surface area (Å²) in [5, 5.41) is 114. The first kappa shape index (κ1) is 30.1. The number of fused-ring (bicyclic) bond motifs is 1. The zero-order chi connectivity index (χ0) is 30.6. The molecule has 5 rings (SSSR count). The van der Waals surface area contributed by atoms with Crippen molar-refractivity contribution < 1.29 is 70.1 Å². The van der Waals surface area contributed by atoms with E-state index >= 15 is 0 Å². The zero-order valence-electron chi connectivity index (χ0n) is 21.6. The van der Waals surface area contributed by atoms with Crippen LogP contribution in [0.15, 0.2) is 39.5 Å². The third-order valence-corrected chi connectivity index (χ3v) is 7.70. The smallest absolute Gasteiger partial charge is 0.197 e. The average Bonchev–Trinajstić information content (AvgIpc) is 2.97. The highest BCUT2D eigenvalue weighted by Crippen LogP contribution is 2.51. The van der Waals surface area contributed by atoms with Gasteiger partial charge >= 0.3 is 0 Å². The molecule has 3 heterocycles. The number of aliphatic hydroxyl groups excluding tert-OH is 8. The lowest BCUT2D eigenvalue weighted by molar-refractivity contribution is -0.234. The molecule has 228 valence electrons. The van der Waals surface area contributed by atoms with Crippen molar-refractivity contribution in [2.45, 2.75) is 61.0 Å². The Labute approximate surface area is 235 Å². The van der Waals surface area contributed by atoms with Crippen LogP contribution in [0, 0.1) is 0 Å². The minimum atomic E-state index is -2.02. The quantitative estimate of drug-likeness (QED) is 0.147. The highest BCUT2D eigenvalue weighted by atomic mass is 16.6. The fourth-order valence-corrected chi connectivity index (χ4v) is 5.39. The van der Waals surface area contributed by atoms with Crippen LogP contribution in [-0.2, 0) is 9.47 Å². The van der Waals surface area contributed by atoms with Gasteiger partial charge in [-0.15, -0.1) is 0 Å². The van der Waals surface area contributed by atoms with Gasteiger partial charge in [0.1, 0.15) is 89.4 Å². The summed E-state index contributed by atoms with van der Waals surface area (Å²) in [6, 6.07) is 6.37. The maximum absolute atomic E-state index is 13.5. The molecule has 2 aromatic carbocycles. The van der Waals surface area contributed by atoms with Crippen LogP contribution in [0.3, 0.4) is 0 Å². The van der Waals surface area contributed by atoms with Crippen molar-refractivity contribution >= 4 is 11.0 Å². The van der Waals surface area contributed by atoms with E-state index in [2.05, 4.69) is 0 Å². The van der Waals surface area contributed by atoms with Gasteiger partial charge in [-0.05, 0) is 24.3 Å². The highest BCUT2D eigenvalue weighted by Gasteiger charge is 2.50. The first-order chi connectivity index (χ1) is 19.9. The third kappa shape index (κ3) is 4.79. The average molecular weight is 595 g/mol. The summed E-state index contributed by atoms with van der Waals surface area (Å²) in [7, 11) is 0. The molecule has 11 N–H and O–H groups in total. The van der Waals surface area contributed by atoms with Crippen molar-refractivity contribution in [3.8, 4) is 28.6 Å². The van der Waals surface area contributed by atoms with E-state index < -0.39 is 113 Å². The first-order valence-electron chi connectivity index (χ1n) is 12.9. The molecule has 0 radical (unpaired) electrons. The number of hydrogen-bond donors (Lipinski definition) is 11. The molecular weight excluding hydrogens is 564 g/mol. The first-order valence-corrected chi connectivity index (χ1v) is 12.9. The number of aliphatic hydroxyl groups is 8. The van der Waals surface area contributed by atoms with Crippen LogP contribution in [0.25, 0.3) is 22.3 Å². The lowest BCUT2D eigenvalue weighted by atomic mass is 9.85. The summed E-state index contributed by atoms with van der Waals surface area (Å²) >= 11 is 0. The Morgan fingerprint density at radius 1 is 0.643 bits per heavy atom. The number of ether oxygens (including phenoxy) is 2. The van der Waals surface area contributed by atoms with Crippen LogP contribution in [0.1, 0.15) is 23.3 Å². The Morgan fingerprint density at radius 3 is 1.64 bits per heavy atom. The molecular formula is C27H30O15. The molecule has 15 nitrogen and oxygen atoms in total. The molecule has 0 amide bonds. The molecule has 2 aliphatic heterocycles. The standard InChI is InChI=1S/C27H30O15/c28-6-12-17(32)21(36)23(38)26(41-12)15-19(34)14-10(31)5-11(8-1-3-9(30)4-2-8)40-25(14)16(20(15)35)27-24(39)22(37)18(33)13(7-29)42-27/h1-5,12-13,17-18,21-24,26-30,32-39H,6-7H2/t12-,13-,17+,18+,21+,22?,23-,24-,26+,27-/m1/s1. The SMILES string of the molecule is O=c1cc(-c2ccc(O)cc2)oc2c([C@H]3O[C@H](CO)[C@H](O)C(O)[C@H]3O)c(O)c([C@@H]3O[C@H](CO)[C@H](O)[C@H](O)[C@H]3O)c(O)c12. The van der Waals surface area contributed by atoms with Crippen LogP contribution >= 0.6 is 0 Å². The summed E-state index contributed by atoms with van der Waals surface area (Å²) < 4.78 is 17.0. The van der Waals surface area contributed by atoms with E-state index in [9.17, 15) is 61.0 Å². The maximum Gasteiger partial charge on any atom is 0.197 e. The number of phenolic OH excluding ortho intramolecular Hbond substituents is 3. The Hall–Kier alpha value is -3.35. The number of hydrogen-bond acceptors (Lipinski definition) is 15. The van der Waals surface area contributed by atoms with Crippen LogP contribution < -0.4 is 5.43 Å². The topological polar surface area (TPSA) is 271 Å². The van der Waals surface area contributed by atoms with Crippen molar-refractivity contribution in [3.05, 3.63) is 51.7 Å². The van der Waals surface area contributed by atoms with Gasteiger partial charge in [-0.3, -0.25) is 4.79 Å². The molecule has 0 bridgehead atoms. The molecule has 2 fully saturated rings. The predicted octanol–water partition coefficient (Wildman–Crippen LogP) is -2.39. The van der Waals surface area contributed by atoms with Crippen molar-refractivity contribution in [3.63, 3.8) is 0 Å². The van der Waals surface area contributed by atoms with Crippen molar-refractivity contribution in [2.75, 3.05) is 13.2 Å². The monoisotopic (exact) mass is 594 g/mol. The molecule has 1 unspecified atom stereocenters. The summed E-state index contributed by atoms with van der Waals surface area (Å²) in [4.78, 5) is 13.5. The second-order valence-corrected chi connectivity index (χ2v) is 10.2. The Morgan fingerprint density at radius 2 is 1.14 bits per heavy atom. The van der Waals surface area contributed by atoms with Gasteiger partial charge in [-0.25, -0.2) is 0 Å². The van der Waals surface area contributed by atoms with Crippen LogP contribution in [0.4, 0.5) is 0 Å². The van der Waals surface area contributed by atoms with Crippen molar-refractivity contribution in [1.29, 1.82) is 0 Å². The minimum Gasteiger partial charge on any atom is -0.508 e. The number of aromatic hydroxyl groups is 3. The van der Waals surface area contributed by atoms with Gasteiger partial charge in [0.25, 0.3) is 0 Å². The fourth-order valence-electron chi connectivity index (χ4n) is 5.39. The summed E-state index contributed by atoms with van der Waals surface area (Å²) in [5.41, 5.74) is -2.48. The van der Waals surface area contributed by atoms with Crippen LogP contribution in [-0.4, -0.2) is 118 Å². The predicted molar refractivity (Wildman–Crippen MR) is 138 cm³/mol. The molecule has 0 saturated carbocycles. The molecule has 0 aliphatic carbocycles.